The average Bonchev–Trinajstić information content (AvgIpc) is 2.47. The van der Waals surface area contributed by atoms with Crippen molar-refractivity contribution < 1.29 is 13.2 Å². The maximum Gasteiger partial charge on any atom is 0.241 e. The number of methoxy groups -OCH3 is 1. The van der Waals surface area contributed by atoms with Gasteiger partial charge in [-0.25, -0.2) is 13.1 Å². The first kappa shape index (κ1) is 15.3. The van der Waals surface area contributed by atoms with Gasteiger partial charge in [-0.05, 0) is 36.8 Å². The number of ether oxygens (including phenoxy) is 1. The normalized spacial score (nSPS) is 12.9. The van der Waals surface area contributed by atoms with Crippen LogP contribution in [0.3, 0.4) is 0 Å². The fraction of sp³-hybridized carbons (Fsp3) is 0.200. The Balaban J connectivity index is 2.24. The van der Waals surface area contributed by atoms with Crippen LogP contribution < -0.4 is 15.2 Å². The predicted molar refractivity (Wildman–Crippen MR) is 82.6 cm³/mol. The summed E-state index contributed by atoms with van der Waals surface area (Å²) < 4.78 is 32.4. The number of nitrogens with one attached hydrogen (secondary N) is 1. The van der Waals surface area contributed by atoms with Gasteiger partial charge in [0.1, 0.15) is 5.75 Å². The Morgan fingerprint density at radius 1 is 1.14 bits per heavy atom. The number of hydrogen-bond acceptors (Lipinski definition) is 4. The molecule has 0 aromatic heterocycles. The zero-order chi connectivity index (χ0) is 15.5. The molecule has 0 heterocycles. The van der Waals surface area contributed by atoms with Gasteiger partial charge in [-0.3, -0.25) is 0 Å². The van der Waals surface area contributed by atoms with E-state index in [0.717, 1.165) is 5.56 Å². The van der Waals surface area contributed by atoms with Crippen molar-refractivity contribution in [3.63, 3.8) is 0 Å². The fourth-order valence-electron chi connectivity index (χ4n) is 1.97. The molecule has 0 aliphatic carbocycles. The van der Waals surface area contributed by atoms with Gasteiger partial charge in [0.05, 0.1) is 12.0 Å². The molecule has 5 nitrogen and oxygen atoms in total. The van der Waals surface area contributed by atoms with Gasteiger partial charge in [0.25, 0.3) is 0 Å². The summed E-state index contributed by atoms with van der Waals surface area (Å²) in [6.45, 7) is 1.77. The smallest absolute Gasteiger partial charge is 0.241 e. The van der Waals surface area contributed by atoms with Crippen LogP contribution >= 0.6 is 0 Å². The van der Waals surface area contributed by atoms with E-state index in [-0.39, 0.29) is 10.9 Å². The van der Waals surface area contributed by atoms with Crippen LogP contribution in [-0.4, -0.2) is 15.5 Å². The number of rotatable bonds is 5. The Bertz CT molecular complexity index is 729. The van der Waals surface area contributed by atoms with Crippen LogP contribution in [0.1, 0.15) is 18.5 Å². The van der Waals surface area contributed by atoms with Gasteiger partial charge in [0, 0.05) is 17.8 Å². The molecule has 1 unspecified atom stereocenters. The van der Waals surface area contributed by atoms with Crippen molar-refractivity contribution in [2.24, 2.45) is 0 Å². The molecule has 2 aromatic rings. The SMILES string of the molecule is COc1cccc(S(=O)(=O)NC(C)c2cccc(N)c2)c1. The largest absolute Gasteiger partial charge is 0.497 e. The van der Waals surface area contributed by atoms with Gasteiger partial charge in [0.2, 0.25) is 10.0 Å². The molecule has 1 atom stereocenters. The molecule has 3 N–H and O–H groups in total. The minimum Gasteiger partial charge on any atom is -0.497 e. The average molecular weight is 306 g/mol. The van der Waals surface area contributed by atoms with Gasteiger partial charge in [-0.2, -0.15) is 0 Å². The van der Waals surface area contributed by atoms with Crippen LogP contribution in [0.15, 0.2) is 53.4 Å². The second kappa shape index (κ2) is 6.15. The Morgan fingerprint density at radius 3 is 2.52 bits per heavy atom. The highest BCUT2D eigenvalue weighted by Gasteiger charge is 2.19. The maximum absolute atomic E-state index is 12.4. The monoisotopic (exact) mass is 306 g/mol. The number of anilines is 1. The lowest BCUT2D eigenvalue weighted by Gasteiger charge is -2.15. The minimum atomic E-state index is -3.62. The molecule has 2 rings (SSSR count). The molecule has 0 saturated heterocycles. The summed E-state index contributed by atoms with van der Waals surface area (Å²) in [5.74, 6) is 0.495. The zero-order valence-electron chi connectivity index (χ0n) is 11.9. The summed E-state index contributed by atoms with van der Waals surface area (Å²) in [5, 5.41) is 0. The lowest BCUT2D eigenvalue weighted by Crippen LogP contribution is -2.27. The van der Waals surface area contributed by atoms with Crippen molar-refractivity contribution in [3.8, 4) is 5.75 Å². The lowest BCUT2D eigenvalue weighted by molar-refractivity contribution is 0.413. The number of nitrogen functional groups attached to an aromatic ring is 1. The summed E-state index contributed by atoms with van der Waals surface area (Å²) in [7, 11) is -2.13. The molecule has 21 heavy (non-hydrogen) atoms. The van der Waals surface area contributed by atoms with Gasteiger partial charge >= 0.3 is 0 Å². The van der Waals surface area contributed by atoms with Gasteiger partial charge in [-0.1, -0.05) is 18.2 Å². The third kappa shape index (κ3) is 3.74. The van der Waals surface area contributed by atoms with E-state index in [1.165, 1.54) is 19.2 Å². The summed E-state index contributed by atoms with van der Waals surface area (Å²) >= 11 is 0. The highest BCUT2D eigenvalue weighted by atomic mass is 32.2. The summed E-state index contributed by atoms with van der Waals surface area (Å²) in [6.07, 6.45) is 0. The molecule has 2 aromatic carbocycles. The third-order valence-corrected chi connectivity index (χ3v) is 4.63. The van der Waals surface area contributed by atoms with Crippen LogP contribution in [0.4, 0.5) is 5.69 Å². The molecule has 0 amide bonds. The molecule has 0 radical (unpaired) electrons. The first-order chi connectivity index (χ1) is 9.92. The molecular formula is C15H18N2O3S. The third-order valence-electron chi connectivity index (χ3n) is 3.09. The first-order valence-corrected chi connectivity index (χ1v) is 7.92. The molecule has 0 saturated carbocycles. The first-order valence-electron chi connectivity index (χ1n) is 6.44. The highest BCUT2D eigenvalue weighted by Crippen LogP contribution is 2.21. The second-order valence-electron chi connectivity index (χ2n) is 4.69. The van der Waals surface area contributed by atoms with Gasteiger partial charge in [-0.15, -0.1) is 0 Å². The summed E-state index contributed by atoms with van der Waals surface area (Å²) in [5.41, 5.74) is 7.12. The van der Waals surface area contributed by atoms with E-state index in [1.807, 2.05) is 6.07 Å². The fourth-order valence-corrected chi connectivity index (χ4v) is 3.23. The van der Waals surface area contributed by atoms with E-state index < -0.39 is 10.0 Å². The predicted octanol–water partition coefficient (Wildman–Crippen LogP) is 2.32. The quantitative estimate of drug-likeness (QED) is 0.831. The van der Waals surface area contributed by atoms with E-state index >= 15 is 0 Å². The molecule has 0 aliphatic rings. The highest BCUT2D eigenvalue weighted by molar-refractivity contribution is 7.89. The molecule has 0 bridgehead atoms. The van der Waals surface area contributed by atoms with Gasteiger partial charge in [0.15, 0.2) is 0 Å². The van der Waals surface area contributed by atoms with Crippen LogP contribution in [0, 0.1) is 0 Å². The van der Waals surface area contributed by atoms with E-state index in [4.69, 9.17) is 10.5 Å². The van der Waals surface area contributed by atoms with E-state index in [9.17, 15) is 8.42 Å². The Labute approximate surface area is 124 Å². The van der Waals surface area contributed by atoms with Crippen molar-refractivity contribution in [1.82, 2.24) is 4.72 Å². The molecular weight excluding hydrogens is 288 g/mol. The molecule has 0 fully saturated rings. The van der Waals surface area contributed by atoms with Crippen molar-refractivity contribution in [1.29, 1.82) is 0 Å². The zero-order valence-corrected chi connectivity index (χ0v) is 12.7. The lowest BCUT2D eigenvalue weighted by atomic mass is 10.1. The minimum absolute atomic E-state index is 0.164. The van der Waals surface area contributed by atoms with Crippen LogP contribution in [0.5, 0.6) is 5.75 Å². The topological polar surface area (TPSA) is 81.4 Å². The number of sulfonamides is 1. The van der Waals surface area contributed by atoms with Gasteiger partial charge < -0.3 is 10.5 Å². The van der Waals surface area contributed by atoms with Crippen molar-refractivity contribution in [3.05, 3.63) is 54.1 Å². The second-order valence-corrected chi connectivity index (χ2v) is 6.41. The van der Waals surface area contributed by atoms with E-state index in [2.05, 4.69) is 4.72 Å². The number of hydrogen-bond donors (Lipinski definition) is 2. The summed E-state index contributed by atoms with van der Waals surface area (Å²) in [4.78, 5) is 0.164. The van der Waals surface area contributed by atoms with Crippen LogP contribution in [0.2, 0.25) is 0 Å². The van der Waals surface area contributed by atoms with Crippen molar-refractivity contribution >= 4 is 15.7 Å². The number of benzene rings is 2. The maximum atomic E-state index is 12.4. The van der Waals surface area contributed by atoms with Crippen LogP contribution in [0.25, 0.3) is 0 Å². The van der Waals surface area contributed by atoms with Crippen molar-refractivity contribution in [2.75, 3.05) is 12.8 Å². The van der Waals surface area contributed by atoms with E-state index in [0.29, 0.717) is 11.4 Å². The van der Waals surface area contributed by atoms with Crippen LogP contribution in [-0.2, 0) is 10.0 Å². The molecule has 6 heteroatoms. The Hall–Kier alpha value is -2.05. The molecule has 112 valence electrons. The number of nitrogens with two attached hydrogens (primary N) is 1. The summed E-state index contributed by atoms with van der Waals surface area (Å²) in [6, 6.07) is 13.1. The Morgan fingerprint density at radius 2 is 1.86 bits per heavy atom. The molecule has 0 spiro atoms. The molecule has 0 aliphatic heterocycles. The van der Waals surface area contributed by atoms with E-state index in [1.54, 1.807) is 37.3 Å². The standard InChI is InChI=1S/C15H18N2O3S/c1-11(12-5-3-6-13(16)9-12)17-21(18,19)15-8-4-7-14(10-15)20-2/h3-11,17H,16H2,1-2H3. The Kier molecular flexibility index (Phi) is 4.50. The van der Waals surface area contributed by atoms with Crippen molar-refractivity contribution in [2.45, 2.75) is 17.9 Å².